The van der Waals surface area contributed by atoms with E-state index in [-0.39, 0.29) is 5.91 Å². The van der Waals surface area contributed by atoms with E-state index in [0.29, 0.717) is 28.6 Å². The molecule has 1 aliphatic rings. The number of methoxy groups -OCH3 is 1. The molecule has 132 valence electrons. The number of nitrogens with zero attached hydrogens (tertiary/aromatic N) is 2. The predicted molar refractivity (Wildman–Crippen MR) is 102 cm³/mol. The second-order valence-electron chi connectivity index (χ2n) is 6.16. The van der Waals surface area contributed by atoms with Crippen molar-refractivity contribution < 1.29 is 14.1 Å². The van der Waals surface area contributed by atoms with Gasteiger partial charge in [0.2, 0.25) is 0 Å². The van der Waals surface area contributed by atoms with Crippen LogP contribution >= 0.6 is 11.8 Å². The Labute approximate surface area is 155 Å². The first-order valence-corrected chi connectivity index (χ1v) is 9.22. The van der Waals surface area contributed by atoms with Crippen molar-refractivity contribution in [1.82, 2.24) is 5.16 Å². The lowest BCUT2D eigenvalue weighted by Gasteiger charge is -2.20. The maximum absolute atomic E-state index is 13.1. The normalized spacial score (nSPS) is 12.3. The monoisotopic (exact) mass is 366 g/mol. The molecule has 0 aliphatic carbocycles. The number of anilines is 1. The molecule has 26 heavy (non-hydrogen) atoms. The van der Waals surface area contributed by atoms with Gasteiger partial charge in [0, 0.05) is 28.8 Å². The number of benzene rings is 2. The quantitative estimate of drug-likeness (QED) is 0.681. The highest BCUT2D eigenvalue weighted by Gasteiger charge is 2.30. The molecule has 0 saturated carbocycles. The van der Waals surface area contributed by atoms with Crippen LogP contribution in [-0.4, -0.2) is 25.2 Å². The van der Waals surface area contributed by atoms with Gasteiger partial charge in [-0.05, 0) is 36.8 Å². The number of fused-ring (bicyclic) bond motifs is 3. The van der Waals surface area contributed by atoms with Crippen LogP contribution in [0.15, 0.2) is 51.9 Å². The van der Waals surface area contributed by atoms with Gasteiger partial charge in [-0.15, -0.1) is 11.8 Å². The maximum Gasteiger partial charge on any atom is 0.280 e. The number of aromatic nitrogens is 1. The van der Waals surface area contributed by atoms with E-state index in [9.17, 15) is 4.79 Å². The largest absolute Gasteiger partial charge is 0.495 e. The molecule has 3 aromatic rings. The fourth-order valence-corrected chi connectivity index (χ4v) is 4.14. The maximum atomic E-state index is 13.1. The number of hydrogen-bond acceptors (Lipinski definition) is 5. The molecule has 5 nitrogen and oxygen atoms in total. The molecular weight excluding hydrogens is 348 g/mol. The van der Waals surface area contributed by atoms with Crippen molar-refractivity contribution in [2.75, 3.05) is 19.1 Å². The standard InChI is InChI=1S/C20H18N2O3S/c1-12-8-9-16(24-3)15(10-12)22(2)20(23)18-14-11-26-17-7-5-4-6-13(17)19(14)25-21-18/h4-10H,11H2,1-3H3. The number of hydrogen-bond donors (Lipinski definition) is 0. The highest BCUT2D eigenvalue weighted by molar-refractivity contribution is 7.98. The molecule has 2 heterocycles. The van der Waals surface area contributed by atoms with E-state index in [0.717, 1.165) is 21.6 Å². The van der Waals surface area contributed by atoms with E-state index in [1.165, 1.54) is 0 Å². The van der Waals surface area contributed by atoms with Gasteiger partial charge in [-0.2, -0.15) is 0 Å². The molecule has 0 bridgehead atoms. The zero-order chi connectivity index (χ0) is 18.3. The summed E-state index contributed by atoms with van der Waals surface area (Å²) in [6, 6.07) is 13.7. The van der Waals surface area contributed by atoms with Gasteiger partial charge in [-0.25, -0.2) is 0 Å². The number of ether oxygens (including phenoxy) is 1. The summed E-state index contributed by atoms with van der Waals surface area (Å²) in [5.74, 6) is 1.78. The smallest absolute Gasteiger partial charge is 0.280 e. The minimum absolute atomic E-state index is 0.209. The molecule has 0 atom stereocenters. The summed E-state index contributed by atoms with van der Waals surface area (Å²) in [5, 5.41) is 4.10. The summed E-state index contributed by atoms with van der Waals surface area (Å²) in [5.41, 5.74) is 3.94. The molecule has 1 amide bonds. The molecule has 0 N–H and O–H groups in total. The lowest BCUT2D eigenvalue weighted by Crippen LogP contribution is -2.28. The Morgan fingerprint density at radius 1 is 1.27 bits per heavy atom. The van der Waals surface area contributed by atoms with Crippen molar-refractivity contribution in [3.8, 4) is 17.1 Å². The fraction of sp³-hybridized carbons (Fsp3) is 0.200. The van der Waals surface area contributed by atoms with Gasteiger partial charge in [0.25, 0.3) is 5.91 Å². The first-order valence-electron chi connectivity index (χ1n) is 8.23. The number of carbonyl (C=O) groups is 1. The van der Waals surface area contributed by atoms with Crippen LogP contribution in [0.2, 0.25) is 0 Å². The van der Waals surface area contributed by atoms with Gasteiger partial charge in [-0.3, -0.25) is 4.79 Å². The summed E-state index contributed by atoms with van der Waals surface area (Å²) in [4.78, 5) is 15.8. The molecule has 1 aromatic heterocycles. The van der Waals surface area contributed by atoms with Gasteiger partial charge in [0.1, 0.15) is 5.75 Å². The van der Waals surface area contributed by atoms with Crippen molar-refractivity contribution in [2.24, 2.45) is 0 Å². The predicted octanol–water partition coefficient (Wildman–Crippen LogP) is 4.54. The molecule has 0 fully saturated rings. The SMILES string of the molecule is COc1ccc(C)cc1N(C)C(=O)c1noc2c1CSc1ccccc1-2. The topological polar surface area (TPSA) is 55.6 Å². The summed E-state index contributed by atoms with van der Waals surface area (Å²) in [6.45, 7) is 1.98. The van der Waals surface area contributed by atoms with E-state index < -0.39 is 0 Å². The highest BCUT2D eigenvalue weighted by atomic mass is 32.2. The average Bonchev–Trinajstić information content (AvgIpc) is 3.11. The van der Waals surface area contributed by atoms with Crippen LogP contribution in [0, 0.1) is 6.92 Å². The molecule has 0 spiro atoms. The van der Waals surface area contributed by atoms with Gasteiger partial charge in [-0.1, -0.05) is 23.4 Å². The zero-order valence-corrected chi connectivity index (χ0v) is 15.6. The Morgan fingerprint density at radius 2 is 2.08 bits per heavy atom. The lowest BCUT2D eigenvalue weighted by atomic mass is 10.1. The van der Waals surface area contributed by atoms with Gasteiger partial charge in [0.15, 0.2) is 11.5 Å². The molecule has 4 rings (SSSR count). The fourth-order valence-electron chi connectivity index (χ4n) is 3.08. The second kappa shape index (κ2) is 6.53. The van der Waals surface area contributed by atoms with Crippen LogP contribution in [0.5, 0.6) is 5.75 Å². The molecular formula is C20H18N2O3S. The zero-order valence-electron chi connectivity index (χ0n) is 14.8. The van der Waals surface area contributed by atoms with Crippen LogP contribution in [0.4, 0.5) is 5.69 Å². The number of thioether (sulfide) groups is 1. The Hall–Kier alpha value is -2.73. The minimum Gasteiger partial charge on any atom is -0.495 e. The van der Waals surface area contributed by atoms with Crippen molar-refractivity contribution in [3.63, 3.8) is 0 Å². The molecule has 1 aliphatic heterocycles. The van der Waals surface area contributed by atoms with Gasteiger partial charge in [0.05, 0.1) is 12.8 Å². The third-order valence-corrected chi connectivity index (χ3v) is 5.59. The summed E-state index contributed by atoms with van der Waals surface area (Å²) in [7, 11) is 3.32. The van der Waals surface area contributed by atoms with E-state index >= 15 is 0 Å². The average molecular weight is 366 g/mol. The third kappa shape index (κ3) is 2.66. The van der Waals surface area contributed by atoms with Gasteiger partial charge < -0.3 is 14.2 Å². The molecule has 6 heteroatoms. The van der Waals surface area contributed by atoms with E-state index in [1.807, 2.05) is 43.3 Å². The van der Waals surface area contributed by atoms with Gasteiger partial charge >= 0.3 is 0 Å². The molecule has 2 aromatic carbocycles. The summed E-state index contributed by atoms with van der Waals surface area (Å²) in [6.07, 6.45) is 0. The number of rotatable bonds is 3. The number of amides is 1. The van der Waals surface area contributed by atoms with Crippen molar-refractivity contribution in [3.05, 3.63) is 59.3 Å². The van der Waals surface area contributed by atoms with Crippen LogP contribution in [-0.2, 0) is 5.75 Å². The van der Waals surface area contributed by atoms with E-state index in [2.05, 4.69) is 11.2 Å². The minimum atomic E-state index is -0.209. The first-order chi connectivity index (χ1) is 12.6. The van der Waals surface area contributed by atoms with Crippen LogP contribution in [0.3, 0.4) is 0 Å². The molecule has 0 radical (unpaired) electrons. The molecule has 0 saturated heterocycles. The number of carbonyl (C=O) groups excluding carboxylic acids is 1. The Kier molecular flexibility index (Phi) is 4.20. The van der Waals surface area contributed by atoms with Crippen LogP contribution in [0.1, 0.15) is 21.6 Å². The Bertz CT molecular complexity index is 996. The number of aryl methyl sites for hydroxylation is 1. The van der Waals surface area contributed by atoms with Crippen LogP contribution < -0.4 is 9.64 Å². The van der Waals surface area contributed by atoms with Crippen LogP contribution in [0.25, 0.3) is 11.3 Å². The van der Waals surface area contributed by atoms with Crippen molar-refractivity contribution in [1.29, 1.82) is 0 Å². The second-order valence-corrected chi connectivity index (χ2v) is 7.18. The Morgan fingerprint density at radius 3 is 2.88 bits per heavy atom. The summed E-state index contributed by atoms with van der Waals surface area (Å²) >= 11 is 1.69. The van der Waals surface area contributed by atoms with Crippen molar-refractivity contribution >= 4 is 23.4 Å². The first kappa shape index (κ1) is 16.7. The van der Waals surface area contributed by atoms with Crippen molar-refractivity contribution in [2.45, 2.75) is 17.6 Å². The highest BCUT2D eigenvalue weighted by Crippen LogP contribution is 2.43. The molecule has 0 unspecified atom stereocenters. The Balaban J connectivity index is 1.73. The van der Waals surface area contributed by atoms with E-state index in [4.69, 9.17) is 9.26 Å². The lowest BCUT2D eigenvalue weighted by molar-refractivity contribution is 0.0983. The summed E-state index contributed by atoms with van der Waals surface area (Å²) < 4.78 is 11.0. The van der Waals surface area contributed by atoms with E-state index in [1.54, 1.807) is 30.8 Å². The third-order valence-electron chi connectivity index (χ3n) is 4.49.